The number of rotatable bonds is 3. The molecule has 0 atom stereocenters. The Balaban J connectivity index is 2.64. The van der Waals surface area contributed by atoms with Gasteiger partial charge >= 0.3 is 0 Å². The Hall–Kier alpha value is -0.960. The topological polar surface area (TPSA) is 32.9 Å². The van der Waals surface area contributed by atoms with Crippen LogP contribution in [0.5, 0.6) is 0 Å². The molecule has 0 fully saturated rings. The van der Waals surface area contributed by atoms with Crippen LogP contribution in [0.25, 0.3) is 6.08 Å². The summed E-state index contributed by atoms with van der Waals surface area (Å²) in [7, 11) is 0. The quantitative estimate of drug-likeness (QED) is 0.684. The minimum absolute atomic E-state index is 0.0682. The van der Waals surface area contributed by atoms with E-state index in [1.807, 2.05) is 12.2 Å². The second kappa shape index (κ2) is 4.83. The van der Waals surface area contributed by atoms with Crippen molar-refractivity contribution < 1.29 is 0 Å². The maximum Gasteiger partial charge on any atom is 0.247 e. The van der Waals surface area contributed by atoms with Gasteiger partial charge in [-0.05, 0) is 23.8 Å². The third kappa shape index (κ3) is 2.96. The van der Waals surface area contributed by atoms with Gasteiger partial charge in [-0.15, -0.1) is 0 Å². The number of aromatic nitrogens is 1. The minimum Gasteiger partial charge on any atom is -0.329 e. The van der Waals surface area contributed by atoms with Crippen molar-refractivity contribution in [2.24, 2.45) is 0 Å². The fourth-order valence-corrected chi connectivity index (χ4v) is 0.969. The molecule has 3 heteroatoms. The van der Waals surface area contributed by atoms with E-state index in [1.54, 1.807) is 12.3 Å². The lowest BCUT2D eigenvalue weighted by molar-refractivity contribution is 1.22. The lowest BCUT2D eigenvalue weighted by Gasteiger charge is -1.89. The fraction of sp³-hybridized carbons (Fsp3) is 0.222. The Kier molecular flexibility index (Phi) is 3.67. The average Bonchev–Trinajstić information content (AvgIpc) is 2.09. The van der Waals surface area contributed by atoms with Crippen LogP contribution < -0.4 is 5.56 Å². The molecule has 0 aliphatic carbocycles. The van der Waals surface area contributed by atoms with Gasteiger partial charge < -0.3 is 4.98 Å². The van der Waals surface area contributed by atoms with Crippen molar-refractivity contribution in [3.05, 3.63) is 40.3 Å². The molecule has 0 bridgehead atoms. The summed E-state index contributed by atoms with van der Waals surface area (Å²) in [6, 6.07) is 3.30. The van der Waals surface area contributed by atoms with Crippen LogP contribution in [-0.4, -0.2) is 10.7 Å². The van der Waals surface area contributed by atoms with Crippen molar-refractivity contribution in [3.63, 3.8) is 0 Å². The van der Waals surface area contributed by atoms with Gasteiger partial charge in [0.05, 0.1) is 0 Å². The van der Waals surface area contributed by atoms with E-state index in [4.69, 9.17) is 0 Å². The zero-order valence-electron chi connectivity index (χ0n) is 6.66. The van der Waals surface area contributed by atoms with E-state index < -0.39 is 0 Å². The Morgan fingerprint density at radius 3 is 2.92 bits per heavy atom. The highest BCUT2D eigenvalue weighted by Crippen LogP contribution is 1.98. The number of H-pyrrole nitrogens is 1. The largest absolute Gasteiger partial charge is 0.329 e. The predicted octanol–water partition coefficient (Wildman–Crippen LogP) is 1.71. The molecule has 0 unspecified atom stereocenters. The summed E-state index contributed by atoms with van der Waals surface area (Å²) >= 11 is 4.07. The Morgan fingerprint density at radius 1 is 1.50 bits per heavy atom. The number of hydrogen-bond acceptors (Lipinski definition) is 2. The lowest BCUT2D eigenvalue weighted by atomic mass is 10.2. The molecule has 1 heterocycles. The summed E-state index contributed by atoms with van der Waals surface area (Å²) in [6.07, 6.45) is 6.63. The van der Waals surface area contributed by atoms with Gasteiger partial charge in [-0.25, -0.2) is 0 Å². The standard InChI is InChI=1S/C9H11NOS/c11-9-5-4-8(7-10-9)3-1-2-6-12/h1,3-5,7,12H,2,6H2,(H,10,11). The van der Waals surface area contributed by atoms with Crippen LogP contribution in [0.4, 0.5) is 0 Å². The molecule has 1 rings (SSSR count). The summed E-state index contributed by atoms with van der Waals surface area (Å²) in [5, 5.41) is 0. The Bertz CT molecular complexity index is 296. The van der Waals surface area contributed by atoms with Gasteiger partial charge in [0.1, 0.15) is 0 Å². The van der Waals surface area contributed by atoms with Crippen molar-refractivity contribution >= 4 is 18.7 Å². The zero-order chi connectivity index (χ0) is 8.81. The molecule has 0 aliphatic rings. The summed E-state index contributed by atoms with van der Waals surface area (Å²) in [4.78, 5) is 13.3. The maximum atomic E-state index is 10.7. The second-order valence-electron chi connectivity index (χ2n) is 2.40. The summed E-state index contributed by atoms with van der Waals surface area (Å²) < 4.78 is 0. The molecule has 0 saturated heterocycles. The number of nitrogens with one attached hydrogen (secondary N) is 1. The van der Waals surface area contributed by atoms with E-state index >= 15 is 0 Å². The van der Waals surface area contributed by atoms with E-state index in [-0.39, 0.29) is 5.56 Å². The van der Waals surface area contributed by atoms with Crippen molar-refractivity contribution in [2.75, 3.05) is 5.75 Å². The van der Waals surface area contributed by atoms with E-state index in [0.717, 1.165) is 17.7 Å². The lowest BCUT2D eigenvalue weighted by Crippen LogP contribution is -2.01. The second-order valence-corrected chi connectivity index (χ2v) is 2.85. The van der Waals surface area contributed by atoms with Crippen LogP contribution in [0.15, 0.2) is 29.2 Å². The molecule has 0 saturated carbocycles. The first-order valence-corrected chi connectivity index (χ1v) is 4.42. The van der Waals surface area contributed by atoms with Crippen molar-refractivity contribution in [2.45, 2.75) is 6.42 Å². The van der Waals surface area contributed by atoms with Crippen LogP contribution in [-0.2, 0) is 0 Å². The molecule has 1 aromatic rings. The number of allylic oxidation sites excluding steroid dienone is 1. The molecule has 0 spiro atoms. The third-order valence-corrected chi connectivity index (χ3v) is 1.67. The molecule has 0 aliphatic heterocycles. The minimum atomic E-state index is -0.0682. The highest BCUT2D eigenvalue weighted by Gasteiger charge is 1.84. The first kappa shape index (κ1) is 9.13. The highest BCUT2D eigenvalue weighted by atomic mass is 32.1. The van der Waals surface area contributed by atoms with E-state index in [0.29, 0.717) is 0 Å². The molecule has 12 heavy (non-hydrogen) atoms. The number of hydrogen-bond donors (Lipinski definition) is 2. The van der Waals surface area contributed by atoms with Gasteiger partial charge in [0, 0.05) is 12.3 Å². The first-order chi connectivity index (χ1) is 5.83. The molecular weight excluding hydrogens is 170 g/mol. The SMILES string of the molecule is O=c1ccc(C=CCCS)c[nH]1. The summed E-state index contributed by atoms with van der Waals surface area (Å²) in [6.45, 7) is 0. The monoisotopic (exact) mass is 181 g/mol. The molecule has 64 valence electrons. The Labute approximate surface area is 76.7 Å². The van der Waals surface area contributed by atoms with Gasteiger partial charge in [0.2, 0.25) is 5.56 Å². The molecule has 1 N–H and O–H groups in total. The normalized spacial score (nSPS) is 10.8. The van der Waals surface area contributed by atoms with E-state index in [9.17, 15) is 4.79 Å². The van der Waals surface area contributed by atoms with E-state index in [2.05, 4.69) is 17.6 Å². The van der Waals surface area contributed by atoms with Crippen LogP contribution in [0.3, 0.4) is 0 Å². The average molecular weight is 181 g/mol. The molecular formula is C9H11NOS. The first-order valence-electron chi connectivity index (χ1n) is 3.79. The summed E-state index contributed by atoms with van der Waals surface area (Å²) in [5.74, 6) is 0.847. The number of thiol groups is 1. The van der Waals surface area contributed by atoms with Crippen molar-refractivity contribution in [1.82, 2.24) is 4.98 Å². The molecule has 0 aromatic carbocycles. The van der Waals surface area contributed by atoms with Crippen LogP contribution in [0.2, 0.25) is 0 Å². The number of aromatic amines is 1. The fourth-order valence-electron chi connectivity index (χ4n) is 0.820. The van der Waals surface area contributed by atoms with Gasteiger partial charge in [0.15, 0.2) is 0 Å². The zero-order valence-corrected chi connectivity index (χ0v) is 7.55. The van der Waals surface area contributed by atoms with Gasteiger partial charge in [-0.2, -0.15) is 12.6 Å². The highest BCUT2D eigenvalue weighted by molar-refractivity contribution is 7.80. The number of pyridine rings is 1. The van der Waals surface area contributed by atoms with Crippen molar-refractivity contribution in [1.29, 1.82) is 0 Å². The smallest absolute Gasteiger partial charge is 0.247 e. The predicted molar refractivity (Wildman–Crippen MR) is 54.6 cm³/mol. The maximum absolute atomic E-state index is 10.7. The van der Waals surface area contributed by atoms with Crippen molar-refractivity contribution in [3.8, 4) is 0 Å². The van der Waals surface area contributed by atoms with Crippen LogP contribution >= 0.6 is 12.6 Å². The Morgan fingerprint density at radius 2 is 2.33 bits per heavy atom. The summed E-state index contributed by atoms with van der Waals surface area (Å²) in [5.41, 5.74) is 0.942. The molecule has 2 nitrogen and oxygen atoms in total. The van der Waals surface area contributed by atoms with E-state index in [1.165, 1.54) is 6.07 Å². The van der Waals surface area contributed by atoms with Crippen LogP contribution in [0, 0.1) is 0 Å². The molecule has 1 aromatic heterocycles. The molecule has 0 radical (unpaired) electrons. The third-order valence-electron chi connectivity index (χ3n) is 1.41. The molecule has 0 amide bonds. The van der Waals surface area contributed by atoms with Crippen LogP contribution in [0.1, 0.15) is 12.0 Å². The van der Waals surface area contributed by atoms with Gasteiger partial charge in [0.25, 0.3) is 0 Å². The van der Waals surface area contributed by atoms with Gasteiger partial charge in [-0.3, -0.25) is 4.79 Å². The van der Waals surface area contributed by atoms with Gasteiger partial charge in [-0.1, -0.05) is 12.2 Å².